The number of alkyl halides is 3. The van der Waals surface area contributed by atoms with E-state index in [0.29, 0.717) is 6.42 Å². The van der Waals surface area contributed by atoms with E-state index in [1.165, 1.54) is 13.2 Å². The van der Waals surface area contributed by atoms with E-state index in [9.17, 15) is 27.6 Å². The van der Waals surface area contributed by atoms with E-state index in [2.05, 4.69) is 16.7 Å². The molecule has 2 atom stereocenters. The average Bonchev–Trinajstić information content (AvgIpc) is 2.84. The highest BCUT2D eigenvalue weighted by molar-refractivity contribution is 5.82. The van der Waals surface area contributed by atoms with Gasteiger partial charge >= 0.3 is 12.1 Å². The third kappa shape index (κ3) is 8.57. The molecule has 35 heavy (non-hydrogen) atoms. The first-order valence-corrected chi connectivity index (χ1v) is 10.7. The second-order valence-electron chi connectivity index (χ2n) is 7.75. The Bertz CT molecular complexity index is 1050. The molecular weight excluding hydrogens is 470 g/mol. The van der Waals surface area contributed by atoms with Crippen molar-refractivity contribution in [3.8, 4) is 22.9 Å². The second kappa shape index (κ2) is 12.7. The van der Waals surface area contributed by atoms with Crippen molar-refractivity contribution < 1.29 is 37.0 Å². The first kappa shape index (κ1) is 27.6. The van der Waals surface area contributed by atoms with E-state index >= 15 is 0 Å². The lowest BCUT2D eigenvalue weighted by molar-refractivity contribution is -0.192. The monoisotopic (exact) mass is 495 g/mol. The summed E-state index contributed by atoms with van der Waals surface area (Å²) in [6.45, 7) is 0.836. The van der Waals surface area contributed by atoms with Gasteiger partial charge in [0.05, 0.1) is 19.2 Å². The summed E-state index contributed by atoms with van der Waals surface area (Å²) in [5.74, 6) is -3.07. The summed E-state index contributed by atoms with van der Waals surface area (Å²) in [6, 6.07) is 13.8. The largest absolute Gasteiger partial charge is 0.494 e. The molecule has 1 amide bonds. The zero-order valence-electron chi connectivity index (χ0n) is 18.9. The van der Waals surface area contributed by atoms with Crippen LogP contribution in [0.15, 0.2) is 42.5 Å². The van der Waals surface area contributed by atoms with Gasteiger partial charge in [-0.2, -0.15) is 18.4 Å². The Balaban J connectivity index is 0.000000540. The van der Waals surface area contributed by atoms with E-state index in [1.807, 2.05) is 24.3 Å². The predicted molar refractivity (Wildman–Crippen MR) is 119 cm³/mol. The number of rotatable bonds is 6. The molecule has 0 aromatic heterocycles. The third-order valence-electron chi connectivity index (χ3n) is 5.22. The molecule has 2 aromatic carbocycles. The number of aliphatic carboxylic acids is 1. The molecule has 0 spiro atoms. The molecule has 188 valence electrons. The predicted octanol–water partition coefficient (Wildman–Crippen LogP) is 3.83. The summed E-state index contributed by atoms with van der Waals surface area (Å²) in [5.41, 5.74) is 2.55. The number of piperidine rings is 1. The summed E-state index contributed by atoms with van der Waals surface area (Å²) < 4.78 is 50.6. The number of nitrogens with zero attached hydrogens (tertiary/aromatic N) is 1. The first-order chi connectivity index (χ1) is 16.5. The number of carbonyl (C=O) groups excluding carboxylic acids is 1. The second-order valence-corrected chi connectivity index (χ2v) is 7.75. The summed E-state index contributed by atoms with van der Waals surface area (Å²) >= 11 is 0. The number of carbonyl (C=O) groups is 2. The van der Waals surface area contributed by atoms with Crippen molar-refractivity contribution in [1.82, 2.24) is 10.6 Å². The maximum Gasteiger partial charge on any atom is 0.490 e. The van der Waals surface area contributed by atoms with Gasteiger partial charge in [0.15, 0.2) is 11.6 Å². The molecule has 0 bridgehead atoms. The minimum Gasteiger partial charge on any atom is -0.494 e. The third-order valence-corrected chi connectivity index (χ3v) is 5.22. The van der Waals surface area contributed by atoms with Gasteiger partial charge in [0.1, 0.15) is 6.04 Å². The quantitative estimate of drug-likeness (QED) is 0.526. The number of hydrogen-bond acceptors (Lipinski definition) is 5. The van der Waals surface area contributed by atoms with Crippen molar-refractivity contribution >= 4 is 11.9 Å². The highest BCUT2D eigenvalue weighted by atomic mass is 19.4. The molecular formula is C24H25F4N3O4. The Morgan fingerprint density at radius 3 is 2.31 bits per heavy atom. The minimum absolute atomic E-state index is 0.114. The molecule has 2 aromatic rings. The summed E-state index contributed by atoms with van der Waals surface area (Å²) in [5, 5.41) is 22.5. The smallest absolute Gasteiger partial charge is 0.490 e. The maximum atomic E-state index is 13.9. The maximum absolute atomic E-state index is 13.9. The number of ether oxygens (including phenoxy) is 1. The molecule has 3 N–H and O–H groups in total. The highest BCUT2D eigenvalue weighted by Gasteiger charge is 2.38. The molecule has 7 nitrogen and oxygen atoms in total. The van der Waals surface area contributed by atoms with Crippen LogP contribution in [0.2, 0.25) is 0 Å². The zero-order valence-corrected chi connectivity index (χ0v) is 18.9. The van der Waals surface area contributed by atoms with Crippen LogP contribution in [-0.4, -0.2) is 48.9 Å². The molecule has 1 heterocycles. The molecule has 0 saturated carbocycles. The molecule has 11 heteroatoms. The van der Waals surface area contributed by atoms with Crippen LogP contribution < -0.4 is 15.4 Å². The number of benzene rings is 2. The van der Waals surface area contributed by atoms with Crippen molar-refractivity contribution in [3.63, 3.8) is 0 Å². The van der Waals surface area contributed by atoms with Crippen LogP contribution in [0.3, 0.4) is 0 Å². The van der Waals surface area contributed by atoms with E-state index in [4.69, 9.17) is 14.6 Å². The topological polar surface area (TPSA) is 111 Å². The fourth-order valence-corrected chi connectivity index (χ4v) is 3.39. The van der Waals surface area contributed by atoms with Gasteiger partial charge in [-0.15, -0.1) is 0 Å². The summed E-state index contributed by atoms with van der Waals surface area (Å²) in [6.07, 6.45) is -1.76. The molecule has 0 unspecified atom stereocenters. The number of halogens is 4. The van der Waals surface area contributed by atoms with Gasteiger partial charge in [-0.3, -0.25) is 4.79 Å². The number of nitrogens with one attached hydrogen (secondary N) is 2. The molecule has 3 rings (SSSR count). The van der Waals surface area contributed by atoms with E-state index in [0.717, 1.165) is 42.5 Å². The zero-order chi connectivity index (χ0) is 26.0. The summed E-state index contributed by atoms with van der Waals surface area (Å²) in [7, 11) is 1.43. The number of carboxylic acid groups (broad SMARTS) is 1. The molecule has 1 saturated heterocycles. The van der Waals surface area contributed by atoms with Crippen LogP contribution in [0.5, 0.6) is 5.75 Å². The van der Waals surface area contributed by atoms with Crippen molar-refractivity contribution in [2.75, 3.05) is 13.7 Å². The molecule has 0 radical (unpaired) electrons. The van der Waals surface area contributed by atoms with Gasteiger partial charge < -0.3 is 20.5 Å². The van der Waals surface area contributed by atoms with Crippen LogP contribution in [0.1, 0.15) is 24.8 Å². The van der Waals surface area contributed by atoms with Crippen molar-refractivity contribution in [2.45, 2.75) is 43.9 Å². The number of methoxy groups -OCH3 is 1. The van der Waals surface area contributed by atoms with E-state index < -0.39 is 24.0 Å². The van der Waals surface area contributed by atoms with Gasteiger partial charge in [0.2, 0.25) is 5.91 Å². The van der Waals surface area contributed by atoms with Crippen molar-refractivity contribution in [2.24, 2.45) is 0 Å². The van der Waals surface area contributed by atoms with Crippen LogP contribution in [0.4, 0.5) is 17.6 Å². The van der Waals surface area contributed by atoms with Crippen LogP contribution in [0.25, 0.3) is 11.1 Å². The van der Waals surface area contributed by atoms with Gasteiger partial charge in [0.25, 0.3) is 0 Å². The molecule has 1 aliphatic heterocycles. The van der Waals surface area contributed by atoms with Crippen LogP contribution in [-0.2, 0) is 16.0 Å². The lowest BCUT2D eigenvalue weighted by Crippen LogP contribution is -2.49. The normalized spacial score (nSPS) is 16.2. The van der Waals surface area contributed by atoms with Crippen molar-refractivity contribution in [3.05, 3.63) is 53.8 Å². The lowest BCUT2D eigenvalue weighted by atomic mass is 10.00. The number of nitriles is 1. The number of hydrogen-bond donors (Lipinski definition) is 3. The molecule has 1 aliphatic rings. The van der Waals surface area contributed by atoms with Gasteiger partial charge in [0, 0.05) is 6.42 Å². The van der Waals surface area contributed by atoms with Crippen LogP contribution in [0, 0.1) is 17.1 Å². The Labute approximate surface area is 199 Å². The van der Waals surface area contributed by atoms with Gasteiger partial charge in [-0.25, -0.2) is 9.18 Å². The Morgan fingerprint density at radius 2 is 1.83 bits per heavy atom. The fourth-order valence-electron chi connectivity index (χ4n) is 3.39. The average molecular weight is 495 g/mol. The Morgan fingerprint density at radius 1 is 1.20 bits per heavy atom. The molecule has 1 fully saturated rings. The van der Waals surface area contributed by atoms with Gasteiger partial charge in [-0.1, -0.05) is 36.8 Å². The fraction of sp³-hybridized carbons (Fsp3) is 0.375. The lowest BCUT2D eigenvalue weighted by Gasteiger charge is -2.23. The van der Waals surface area contributed by atoms with Gasteiger partial charge in [-0.05, 0) is 48.2 Å². The minimum atomic E-state index is -5.08. The first-order valence-electron chi connectivity index (χ1n) is 10.7. The number of carboxylic acids is 1. The highest BCUT2D eigenvalue weighted by Crippen LogP contribution is 2.26. The van der Waals surface area contributed by atoms with E-state index in [-0.39, 0.29) is 17.7 Å². The SMILES string of the molecule is COc1ccc(-c2ccc(C[C@@H](C#N)NC(=O)[C@@H]3CCCCN3)cc2)cc1F.O=C(O)C(F)(F)F. The summed E-state index contributed by atoms with van der Waals surface area (Å²) in [4.78, 5) is 21.2. The number of amides is 1. The Kier molecular flexibility index (Phi) is 10.0. The Hall–Kier alpha value is -3.65. The van der Waals surface area contributed by atoms with E-state index in [1.54, 1.807) is 12.1 Å². The van der Waals surface area contributed by atoms with Crippen LogP contribution >= 0.6 is 0 Å². The standard InChI is InChI=1S/C22H24FN3O2.C2HF3O2/c1-28-21-10-9-17(13-19(21)23)16-7-5-15(6-8-16)12-18(14-24)26-22(27)20-4-2-3-11-25-20;3-2(4,5)1(6)7/h5-10,13,18,20,25H,2-4,11-12H2,1H3,(H,26,27);(H,6,7)/t18-,20-;/m0./s1. The molecule has 0 aliphatic carbocycles. The van der Waals surface area contributed by atoms with Crippen molar-refractivity contribution in [1.29, 1.82) is 5.26 Å².